The number of aromatic carboxylic acids is 1. The maximum Gasteiger partial charge on any atom is 0.490 e. The van der Waals surface area contributed by atoms with Crippen LogP contribution in [0, 0.1) is 12.7 Å². The number of aryl methyl sites for hydroxylation is 1. The molecular formula is C23H21F4N3O6S. The van der Waals surface area contributed by atoms with Crippen molar-refractivity contribution in [3.63, 3.8) is 0 Å². The van der Waals surface area contributed by atoms with Gasteiger partial charge in [-0.25, -0.2) is 27.4 Å². The number of nitrogens with one attached hydrogen (secondary N) is 1. The number of benzene rings is 2. The summed E-state index contributed by atoms with van der Waals surface area (Å²) >= 11 is 0. The predicted molar refractivity (Wildman–Crippen MR) is 125 cm³/mol. The summed E-state index contributed by atoms with van der Waals surface area (Å²) in [6.45, 7) is 1.96. The predicted octanol–water partition coefficient (Wildman–Crippen LogP) is 4.30. The number of hydrogen-bond acceptors (Lipinski definition) is 6. The average Bonchev–Trinajstić information content (AvgIpc) is 2.80. The van der Waals surface area contributed by atoms with Crippen molar-refractivity contribution in [2.75, 3.05) is 16.7 Å². The molecule has 0 aliphatic rings. The second kappa shape index (κ2) is 11.7. The second-order valence-electron chi connectivity index (χ2n) is 7.56. The van der Waals surface area contributed by atoms with E-state index in [1.165, 1.54) is 25.3 Å². The van der Waals surface area contributed by atoms with Crippen molar-refractivity contribution in [3.8, 4) is 0 Å². The quantitative estimate of drug-likeness (QED) is 0.375. The van der Waals surface area contributed by atoms with Gasteiger partial charge in [0.1, 0.15) is 17.2 Å². The minimum Gasteiger partial charge on any atom is -0.478 e. The number of pyridine rings is 1. The van der Waals surface area contributed by atoms with Gasteiger partial charge in [0.2, 0.25) is 0 Å². The van der Waals surface area contributed by atoms with Gasteiger partial charge in [-0.2, -0.15) is 13.2 Å². The standard InChI is InChI=1S/C21H20FN3O4S.C2HF3O2/c1-14-8-9-16(22)10-19(14)30(28,29)24-17-11-18(21(26)27)20(23-12-17)25(2)13-15-6-4-3-5-7-15;3-2(4,5)1(6)7/h3-12,24H,13H2,1-2H3,(H,26,27);(H,6,7). The van der Waals surface area contributed by atoms with Crippen LogP contribution in [0.5, 0.6) is 0 Å². The van der Waals surface area contributed by atoms with E-state index in [9.17, 15) is 35.9 Å². The summed E-state index contributed by atoms with van der Waals surface area (Å²) in [6, 6.07) is 14.1. The summed E-state index contributed by atoms with van der Waals surface area (Å²) in [5.74, 6) is -4.51. The van der Waals surface area contributed by atoms with Crippen molar-refractivity contribution >= 4 is 33.5 Å². The number of carbonyl (C=O) groups is 2. The summed E-state index contributed by atoms with van der Waals surface area (Å²) < 4.78 is 72.8. The molecule has 0 spiro atoms. The first kappa shape index (κ1) is 29.0. The number of carboxylic acid groups (broad SMARTS) is 2. The Labute approximate surface area is 209 Å². The van der Waals surface area contributed by atoms with Crippen LogP contribution in [-0.4, -0.2) is 48.8 Å². The summed E-state index contributed by atoms with van der Waals surface area (Å²) in [4.78, 5) is 26.3. The van der Waals surface area contributed by atoms with Gasteiger partial charge in [-0.1, -0.05) is 36.4 Å². The number of carboxylic acids is 2. The molecule has 3 N–H and O–H groups in total. The highest BCUT2D eigenvalue weighted by molar-refractivity contribution is 7.92. The molecule has 9 nitrogen and oxygen atoms in total. The second-order valence-corrected chi connectivity index (χ2v) is 9.21. The van der Waals surface area contributed by atoms with E-state index in [2.05, 4.69) is 9.71 Å². The summed E-state index contributed by atoms with van der Waals surface area (Å²) in [7, 11) is -2.43. The Bertz CT molecular complexity index is 1380. The minimum absolute atomic E-state index is 0.0343. The molecule has 0 fully saturated rings. The Hall–Kier alpha value is -4.20. The van der Waals surface area contributed by atoms with Crippen LogP contribution in [0.4, 0.5) is 29.1 Å². The average molecular weight is 543 g/mol. The minimum atomic E-state index is -5.08. The number of aromatic nitrogens is 1. The molecule has 1 aromatic heterocycles. The molecule has 3 aromatic rings. The van der Waals surface area contributed by atoms with Crippen molar-refractivity contribution < 1.29 is 45.8 Å². The van der Waals surface area contributed by atoms with Crippen LogP contribution < -0.4 is 9.62 Å². The van der Waals surface area contributed by atoms with Gasteiger partial charge in [0.05, 0.1) is 16.8 Å². The van der Waals surface area contributed by atoms with Gasteiger partial charge >= 0.3 is 18.1 Å². The first-order valence-corrected chi connectivity index (χ1v) is 11.7. The monoisotopic (exact) mass is 543 g/mol. The smallest absolute Gasteiger partial charge is 0.478 e. The SMILES string of the molecule is Cc1ccc(F)cc1S(=O)(=O)Nc1cnc(N(C)Cc2ccccc2)c(C(=O)O)c1.O=C(O)C(F)(F)F. The van der Waals surface area contributed by atoms with Crippen molar-refractivity contribution in [1.29, 1.82) is 0 Å². The van der Waals surface area contributed by atoms with E-state index < -0.39 is 34.0 Å². The topological polar surface area (TPSA) is 137 Å². The Kier molecular flexibility index (Phi) is 9.17. The zero-order valence-electron chi connectivity index (χ0n) is 19.3. The molecular weight excluding hydrogens is 522 g/mol. The van der Waals surface area contributed by atoms with E-state index in [1.807, 2.05) is 30.3 Å². The summed E-state index contributed by atoms with van der Waals surface area (Å²) in [5.41, 5.74) is 1.12. The Morgan fingerprint density at radius 3 is 2.19 bits per heavy atom. The summed E-state index contributed by atoms with van der Waals surface area (Å²) in [5, 5.41) is 16.7. The van der Waals surface area contributed by atoms with Crippen LogP contribution in [-0.2, 0) is 21.4 Å². The van der Waals surface area contributed by atoms with Gasteiger partial charge in [0.25, 0.3) is 10.0 Å². The number of nitrogens with zero attached hydrogens (tertiary/aromatic N) is 2. The molecule has 0 saturated carbocycles. The Morgan fingerprint density at radius 1 is 1.05 bits per heavy atom. The Balaban J connectivity index is 0.000000604. The largest absolute Gasteiger partial charge is 0.490 e. The fourth-order valence-electron chi connectivity index (χ4n) is 2.98. The van der Waals surface area contributed by atoms with Crippen molar-refractivity contribution in [2.24, 2.45) is 0 Å². The number of halogens is 4. The molecule has 198 valence electrons. The first-order chi connectivity index (χ1) is 17.1. The third-order valence-corrected chi connectivity index (χ3v) is 6.18. The molecule has 0 radical (unpaired) electrons. The van der Waals surface area contributed by atoms with Gasteiger partial charge in [0, 0.05) is 13.6 Å². The van der Waals surface area contributed by atoms with Crippen LogP contribution >= 0.6 is 0 Å². The maximum atomic E-state index is 13.5. The van der Waals surface area contributed by atoms with Gasteiger partial charge in [-0.15, -0.1) is 0 Å². The van der Waals surface area contributed by atoms with Gasteiger partial charge in [-0.3, -0.25) is 4.72 Å². The van der Waals surface area contributed by atoms with Crippen LogP contribution in [0.25, 0.3) is 0 Å². The van der Waals surface area contributed by atoms with Gasteiger partial charge < -0.3 is 15.1 Å². The van der Waals surface area contributed by atoms with Crippen LogP contribution in [0.15, 0.2) is 65.7 Å². The lowest BCUT2D eigenvalue weighted by Gasteiger charge is -2.21. The molecule has 0 aliphatic carbocycles. The van der Waals surface area contributed by atoms with E-state index in [0.29, 0.717) is 12.1 Å². The highest BCUT2D eigenvalue weighted by atomic mass is 32.2. The highest BCUT2D eigenvalue weighted by Gasteiger charge is 2.38. The number of anilines is 2. The fourth-order valence-corrected chi connectivity index (χ4v) is 4.27. The molecule has 14 heteroatoms. The zero-order valence-corrected chi connectivity index (χ0v) is 20.1. The van der Waals surface area contributed by atoms with Crippen molar-refractivity contribution in [1.82, 2.24) is 4.98 Å². The van der Waals surface area contributed by atoms with E-state index >= 15 is 0 Å². The number of hydrogen-bond donors (Lipinski definition) is 3. The molecule has 3 rings (SSSR count). The molecule has 0 atom stereocenters. The molecule has 2 aromatic carbocycles. The molecule has 37 heavy (non-hydrogen) atoms. The van der Waals surface area contributed by atoms with E-state index in [0.717, 1.165) is 17.7 Å². The summed E-state index contributed by atoms with van der Waals surface area (Å²) in [6.07, 6.45) is -3.85. The molecule has 0 amide bonds. The van der Waals surface area contributed by atoms with E-state index in [-0.39, 0.29) is 22.0 Å². The maximum absolute atomic E-state index is 13.5. The first-order valence-electron chi connectivity index (χ1n) is 10.2. The van der Waals surface area contributed by atoms with Gasteiger partial charge in [-0.05, 0) is 36.2 Å². The lowest BCUT2D eigenvalue weighted by atomic mass is 10.2. The molecule has 0 bridgehead atoms. The van der Waals surface area contributed by atoms with Crippen molar-refractivity contribution in [3.05, 3.63) is 83.3 Å². The molecule has 1 heterocycles. The van der Waals surface area contributed by atoms with Crippen molar-refractivity contribution in [2.45, 2.75) is 24.5 Å². The van der Waals surface area contributed by atoms with Crippen LogP contribution in [0.1, 0.15) is 21.5 Å². The zero-order chi connectivity index (χ0) is 28.0. The third kappa shape index (κ3) is 8.17. The van der Waals surface area contributed by atoms with Crippen LogP contribution in [0.3, 0.4) is 0 Å². The van der Waals surface area contributed by atoms with E-state index in [4.69, 9.17) is 9.90 Å². The van der Waals surface area contributed by atoms with Crippen LogP contribution in [0.2, 0.25) is 0 Å². The molecule has 0 aliphatic heterocycles. The molecule has 0 saturated heterocycles. The van der Waals surface area contributed by atoms with Gasteiger partial charge in [0.15, 0.2) is 0 Å². The lowest BCUT2D eigenvalue weighted by molar-refractivity contribution is -0.192. The lowest BCUT2D eigenvalue weighted by Crippen LogP contribution is -2.21. The number of alkyl halides is 3. The normalized spacial score (nSPS) is 11.2. The molecule has 0 unspecified atom stereocenters. The Morgan fingerprint density at radius 2 is 1.65 bits per heavy atom. The number of sulfonamides is 1. The van der Waals surface area contributed by atoms with E-state index in [1.54, 1.807) is 11.9 Å². The fraction of sp³-hybridized carbons (Fsp3) is 0.174. The highest BCUT2D eigenvalue weighted by Crippen LogP contribution is 2.25. The number of rotatable bonds is 7. The number of aliphatic carboxylic acids is 1. The third-order valence-electron chi connectivity index (χ3n) is 4.66.